The van der Waals surface area contributed by atoms with Gasteiger partial charge in [0.1, 0.15) is 0 Å². The Labute approximate surface area is 88.2 Å². The van der Waals surface area contributed by atoms with Crippen molar-refractivity contribution < 1.29 is 5.11 Å². The monoisotopic (exact) mass is 199 g/mol. The zero-order valence-electron chi connectivity index (χ0n) is 9.63. The van der Waals surface area contributed by atoms with Crippen molar-refractivity contribution in [3.05, 3.63) is 12.2 Å². The quantitative estimate of drug-likeness (QED) is 0.466. The molecular weight excluding hydrogens is 174 g/mol. The van der Waals surface area contributed by atoms with Crippen LogP contribution in [0.5, 0.6) is 0 Å². The molecule has 0 saturated heterocycles. The van der Waals surface area contributed by atoms with Gasteiger partial charge in [0.15, 0.2) is 0 Å². The number of rotatable bonds is 8. The second-order valence-corrected chi connectivity index (χ2v) is 4.25. The molecule has 3 N–H and O–H groups in total. The summed E-state index contributed by atoms with van der Waals surface area (Å²) in [5.74, 6) is 0. The van der Waals surface area contributed by atoms with E-state index in [9.17, 15) is 0 Å². The highest BCUT2D eigenvalue weighted by molar-refractivity contribution is 5.01. The maximum Gasteiger partial charge on any atom is 0.0613 e. The van der Waals surface area contributed by atoms with Crippen LogP contribution in [0.15, 0.2) is 12.2 Å². The van der Waals surface area contributed by atoms with Gasteiger partial charge in [-0.05, 0) is 13.3 Å². The van der Waals surface area contributed by atoms with Crippen LogP contribution in [0.1, 0.15) is 52.4 Å². The van der Waals surface area contributed by atoms with E-state index in [0.717, 1.165) is 6.42 Å². The summed E-state index contributed by atoms with van der Waals surface area (Å²) in [6, 6.07) is 0. The third-order valence-electron chi connectivity index (χ3n) is 2.42. The van der Waals surface area contributed by atoms with Crippen LogP contribution in [0.4, 0.5) is 0 Å². The normalized spacial score (nSPS) is 16.0. The molecule has 0 rings (SSSR count). The molecule has 0 saturated carbocycles. The number of nitrogens with two attached hydrogens (primary N) is 1. The number of hydrogen-bond acceptors (Lipinski definition) is 2. The standard InChI is InChI=1S/C12H25NO/c1-3-4-5-6-7-9-12(2,13)10-8-11-14/h8,10,14H,3-7,9,11,13H2,1-2H3/b10-8-. The van der Waals surface area contributed by atoms with E-state index < -0.39 is 0 Å². The maximum absolute atomic E-state index is 8.63. The first kappa shape index (κ1) is 13.7. The average molecular weight is 199 g/mol. The molecule has 0 heterocycles. The summed E-state index contributed by atoms with van der Waals surface area (Å²) in [6.45, 7) is 4.32. The second-order valence-electron chi connectivity index (χ2n) is 4.25. The first-order chi connectivity index (χ1) is 6.62. The molecule has 0 aromatic heterocycles. The van der Waals surface area contributed by atoms with Crippen molar-refractivity contribution >= 4 is 0 Å². The van der Waals surface area contributed by atoms with Crippen molar-refractivity contribution in [2.75, 3.05) is 6.61 Å². The predicted octanol–water partition coefficient (Wildman–Crippen LogP) is 2.61. The lowest BCUT2D eigenvalue weighted by Gasteiger charge is -2.19. The molecule has 0 fully saturated rings. The summed E-state index contributed by atoms with van der Waals surface area (Å²) in [6.07, 6.45) is 11.0. The molecule has 0 radical (unpaired) electrons. The average Bonchev–Trinajstić information content (AvgIpc) is 2.15. The van der Waals surface area contributed by atoms with Gasteiger partial charge in [0.05, 0.1) is 6.61 Å². The first-order valence-corrected chi connectivity index (χ1v) is 5.70. The molecule has 0 amide bonds. The molecule has 0 aliphatic heterocycles. The Bertz CT molecular complexity index is 152. The Morgan fingerprint density at radius 3 is 2.43 bits per heavy atom. The minimum atomic E-state index is -0.241. The molecule has 1 atom stereocenters. The van der Waals surface area contributed by atoms with Crippen LogP contribution in [-0.2, 0) is 0 Å². The molecule has 0 spiro atoms. The summed E-state index contributed by atoms with van der Waals surface area (Å²) < 4.78 is 0. The van der Waals surface area contributed by atoms with Crippen molar-refractivity contribution in [2.45, 2.75) is 57.9 Å². The van der Waals surface area contributed by atoms with Gasteiger partial charge in [0, 0.05) is 5.54 Å². The van der Waals surface area contributed by atoms with Gasteiger partial charge in [0.2, 0.25) is 0 Å². The smallest absolute Gasteiger partial charge is 0.0613 e. The summed E-state index contributed by atoms with van der Waals surface area (Å²) in [5, 5.41) is 8.63. The number of aliphatic hydroxyl groups is 1. The lowest BCUT2D eigenvalue weighted by atomic mass is 9.95. The summed E-state index contributed by atoms with van der Waals surface area (Å²) in [5.41, 5.74) is 5.78. The predicted molar refractivity (Wildman–Crippen MR) is 62.2 cm³/mol. The largest absolute Gasteiger partial charge is 0.392 e. The van der Waals surface area contributed by atoms with Crippen LogP contribution in [0.3, 0.4) is 0 Å². The van der Waals surface area contributed by atoms with Gasteiger partial charge < -0.3 is 10.8 Å². The molecule has 0 bridgehead atoms. The van der Waals surface area contributed by atoms with Crippen molar-refractivity contribution in [2.24, 2.45) is 5.73 Å². The van der Waals surface area contributed by atoms with Gasteiger partial charge in [-0.15, -0.1) is 0 Å². The Morgan fingerprint density at radius 2 is 1.86 bits per heavy atom. The van der Waals surface area contributed by atoms with Crippen LogP contribution in [0.2, 0.25) is 0 Å². The third-order valence-corrected chi connectivity index (χ3v) is 2.42. The SMILES string of the molecule is CCCCCCCC(C)(N)/C=C\CO. The van der Waals surface area contributed by atoms with Crippen molar-refractivity contribution in [1.29, 1.82) is 0 Å². The maximum atomic E-state index is 8.63. The van der Waals surface area contributed by atoms with E-state index in [1.807, 2.05) is 13.0 Å². The zero-order valence-corrected chi connectivity index (χ0v) is 9.63. The Hall–Kier alpha value is -0.340. The van der Waals surface area contributed by atoms with E-state index in [-0.39, 0.29) is 12.1 Å². The number of unbranched alkanes of at least 4 members (excludes halogenated alkanes) is 4. The van der Waals surface area contributed by atoms with Crippen LogP contribution in [0.25, 0.3) is 0 Å². The fraction of sp³-hybridized carbons (Fsp3) is 0.833. The minimum Gasteiger partial charge on any atom is -0.392 e. The van der Waals surface area contributed by atoms with Gasteiger partial charge in [-0.3, -0.25) is 0 Å². The summed E-state index contributed by atoms with van der Waals surface area (Å²) >= 11 is 0. The molecule has 84 valence electrons. The van der Waals surface area contributed by atoms with Crippen LogP contribution in [0, 0.1) is 0 Å². The molecule has 2 heteroatoms. The molecule has 0 aromatic carbocycles. The van der Waals surface area contributed by atoms with E-state index >= 15 is 0 Å². The first-order valence-electron chi connectivity index (χ1n) is 5.70. The zero-order chi connectivity index (χ0) is 10.9. The lowest BCUT2D eigenvalue weighted by Crippen LogP contribution is -2.33. The topological polar surface area (TPSA) is 46.2 Å². The highest BCUT2D eigenvalue weighted by atomic mass is 16.2. The van der Waals surface area contributed by atoms with Crippen molar-refractivity contribution in [1.82, 2.24) is 0 Å². The molecule has 1 unspecified atom stereocenters. The number of hydrogen-bond donors (Lipinski definition) is 2. The van der Waals surface area contributed by atoms with Gasteiger partial charge in [0.25, 0.3) is 0 Å². The lowest BCUT2D eigenvalue weighted by molar-refractivity contribution is 0.340. The molecule has 0 aliphatic carbocycles. The Kier molecular flexibility index (Phi) is 7.81. The van der Waals surface area contributed by atoms with Gasteiger partial charge >= 0.3 is 0 Å². The fourth-order valence-electron chi connectivity index (χ4n) is 1.51. The summed E-state index contributed by atoms with van der Waals surface area (Å²) in [4.78, 5) is 0. The van der Waals surface area contributed by atoms with Crippen molar-refractivity contribution in [3.63, 3.8) is 0 Å². The number of aliphatic hydroxyl groups excluding tert-OH is 1. The third kappa shape index (κ3) is 8.27. The molecule has 14 heavy (non-hydrogen) atoms. The van der Waals surface area contributed by atoms with E-state index in [4.69, 9.17) is 10.8 Å². The van der Waals surface area contributed by atoms with Crippen molar-refractivity contribution in [3.8, 4) is 0 Å². The molecule has 2 nitrogen and oxygen atoms in total. The highest BCUT2D eigenvalue weighted by Gasteiger charge is 2.12. The van der Waals surface area contributed by atoms with Gasteiger partial charge in [-0.25, -0.2) is 0 Å². The highest BCUT2D eigenvalue weighted by Crippen LogP contribution is 2.14. The Balaban J connectivity index is 3.50. The van der Waals surface area contributed by atoms with Gasteiger partial charge in [-0.2, -0.15) is 0 Å². The molecule has 0 aromatic rings. The summed E-state index contributed by atoms with van der Waals surface area (Å²) in [7, 11) is 0. The molecular formula is C12H25NO. The van der Waals surface area contributed by atoms with E-state index in [0.29, 0.717) is 0 Å². The second kappa shape index (κ2) is 8.01. The van der Waals surface area contributed by atoms with E-state index in [1.54, 1.807) is 6.08 Å². The fourth-order valence-corrected chi connectivity index (χ4v) is 1.51. The van der Waals surface area contributed by atoms with E-state index in [1.165, 1.54) is 32.1 Å². The van der Waals surface area contributed by atoms with Crippen LogP contribution >= 0.6 is 0 Å². The van der Waals surface area contributed by atoms with E-state index in [2.05, 4.69) is 6.92 Å². The van der Waals surface area contributed by atoms with Gasteiger partial charge in [-0.1, -0.05) is 51.2 Å². The van der Waals surface area contributed by atoms with Crippen LogP contribution in [-0.4, -0.2) is 17.3 Å². The van der Waals surface area contributed by atoms with Crippen LogP contribution < -0.4 is 5.73 Å². The Morgan fingerprint density at radius 1 is 1.21 bits per heavy atom. The molecule has 0 aliphatic rings. The minimum absolute atomic E-state index is 0.0859.